The van der Waals surface area contributed by atoms with E-state index in [-0.39, 0.29) is 23.3 Å². The second kappa shape index (κ2) is 5.99. The van der Waals surface area contributed by atoms with E-state index in [9.17, 15) is 14.9 Å². The molecule has 1 unspecified atom stereocenters. The molecule has 0 aliphatic heterocycles. The Bertz CT molecular complexity index is 655. The maximum atomic E-state index is 12.1. The van der Waals surface area contributed by atoms with E-state index in [4.69, 9.17) is 0 Å². The van der Waals surface area contributed by atoms with Crippen molar-refractivity contribution in [1.82, 2.24) is 20.5 Å². The molecule has 0 saturated heterocycles. The Morgan fingerprint density at radius 3 is 2.81 bits per heavy atom. The van der Waals surface area contributed by atoms with Crippen LogP contribution in [0, 0.1) is 10.1 Å². The van der Waals surface area contributed by atoms with Gasteiger partial charge in [0.15, 0.2) is 0 Å². The van der Waals surface area contributed by atoms with E-state index in [0.717, 1.165) is 0 Å². The molecule has 2 aromatic rings. The van der Waals surface area contributed by atoms with Crippen molar-refractivity contribution in [2.45, 2.75) is 13.0 Å². The van der Waals surface area contributed by atoms with Crippen LogP contribution in [0.4, 0.5) is 11.4 Å². The Labute approximate surface area is 119 Å². The summed E-state index contributed by atoms with van der Waals surface area (Å²) in [7, 11) is 1.56. The zero-order valence-corrected chi connectivity index (χ0v) is 11.5. The molecule has 1 atom stereocenters. The number of carbonyl (C=O) groups excluding carboxylic acids is 1. The van der Waals surface area contributed by atoms with Gasteiger partial charge in [-0.25, -0.2) is 4.98 Å². The van der Waals surface area contributed by atoms with Gasteiger partial charge in [-0.1, -0.05) is 0 Å². The Balaban J connectivity index is 2.18. The summed E-state index contributed by atoms with van der Waals surface area (Å²) < 4.78 is 0. The lowest BCUT2D eigenvalue weighted by Crippen LogP contribution is -2.27. The molecule has 110 valence electrons. The Hall–Kier alpha value is -2.97. The smallest absolute Gasteiger partial charge is 0.292 e. The van der Waals surface area contributed by atoms with E-state index < -0.39 is 4.92 Å². The molecule has 0 saturated carbocycles. The average Bonchev–Trinajstić information content (AvgIpc) is 3.00. The quantitative estimate of drug-likeness (QED) is 0.562. The van der Waals surface area contributed by atoms with E-state index >= 15 is 0 Å². The second-order valence-electron chi connectivity index (χ2n) is 4.30. The molecule has 0 radical (unpaired) electrons. The van der Waals surface area contributed by atoms with Gasteiger partial charge in [0, 0.05) is 18.7 Å². The second-order valence-corrected chi connectivity index (χ2v) is 4.30. The molecule has 0 fully saturated rings. The summed E-state index contributed by atoms with van der Waals surface area (Å²) in [4.78, 5) is 26.4. The predicted molar refractivity (Wildman–Crippen MR) is 74.9 cm³/mol. The Morgan fingerprint density at radius 2 is 2.24 bits per heavy atom. The first kappa shape index (κ1) is 14.4. The first-order valence-electron chi connectivity index (χ1n) is 6.15. The van der Waals surface area contributed by atoms with Crippen LogP contribution in [-0.2, 0) is 0 Å². The summed E-state index contributed by atoms with van der Waals surface area (Å²) in [6.45, 7) is 1.75. The van der Waals surface area contributed by atoms with Gasteiger partial charge in [-0.2, -0.15) is 5.10 Å². The normalized spacial score (nSPS) is 11.7. The van der Waals surface area contributed by atoms with Gasteiger partial charge in [-0.15, -0.1) is 0 Å². The molecular weight excluding hydrogens is 276 g/mol. The van der Waals surface area contributed by atoms with Crippen molar-refractivity contribution in [3.05, 3.63) is 46.0 Å². The zero-order chi connectivity index (χ0) is 15.4. The van der Waals surface area contributed by atoms with Crippen LogP contribution in [0.5, 0.6) is 0 Å². The van der Waals surface area contributed by atoms with Gasteiger partial charge in [0.05, 0.1) is 11.0 Å². The molecule has 1 aromatic heterocycles. The number of amides is 1. The minimum absolute atomic E-state index is 0.0858. The number of aromatic nitrogens is 3. The van der Waals surface area contributed by atoms with E-state index in [0.29, 0.717) is 11.4 Å². The van der Waals surface area contributed by atoms with Crippen LogP contribution < -0.4 is 10.6 Å². The molecule has 2 rings (SSSR count). The van der Waals surface area contributed by atoms with Crippen molar-refractivity contribution in [1.29, 1.82) is 0 Å². The third-order valence-electron chi connectivity index (χ3n) is 2.92. The number of nitrogens with one attached hydrogen (secondary N) is 3. The standard InChI is InChI=1S/C12H14N6O3/c1-7(11-14-6-15-17-11)16-12(19)8-3-4-10(18(20)21)9(5-8)13-2/h3-7,13H,1-2H3,(H,16,19)(H,14,15,17). The highest BCUT2D eigenvalue weighted by atomic mass is 16.6. The van der Waals surface area contributed by atoms with Crippen LogP contribution in [0.15, 0.2) is 24.5 Å². The summed E-state index contributed by atoms with van der Waals surface area (Å²) in [5.74, 6) is 0.171. The van der Waals surface area contributed by atoms with Crippen molar-refractivity contribution in [3.63, 3.8) is 0 Å². The molecule has 1 heterocycles. The SMILES string of the molecule is CNc1cc(C(=O)NC(C)c2ncn[nH]2)ccc1[N+](=O)[O-]. The fraction of sp³-hybridized carbons (Fsp3) is 0.250. The van der Waals surface area contributed by atoms with Crippen molar-refractivity contribution in [3.8, 4) is 0 Å². The number of benzene rings is 1. The lowest BCUT2D eigenvalue weighted by molar-refractivity contribution is -0.383. The molecule has 0 spiro atoms. The number of hydrogen-bond acceptors (Lipinski definition) is 6. The van der Waals surface area contributed by atoms with Crippen LogP contribution >= 0.6 is 0 Å². The molecule has 9 nitrogen and oxygen atoms in total. The number of rotatable bonds is 5. The van der Waals surface area contributed by atoms with E-state index in [2.05, 4.69) is 25.8 Å². The number of hydrogen-bond donors (Lipinski definition) is 3. The van der Waals surface area contributed by atoms with Gasteiger partial charge in [-0.05, 0) is 19.1 Å². The van der Waals surface area contributed by atoms with Gasteiger partial charge >= 0.3 is 0 Å². The first-order valence-corrected chi connectivity index (χ1v) is 6.15. The third kappa shape index (κ3) is 3.14. The Morgan fingerprint density at radius 1 is 1.48 bits per heavy atom. The fourth-order valence-electron chi connectivity index (χ4n) is 1.81. The number of nitro groups is 1. The summed E-state index contributed by atoms with van der Waals surface area (Å²) in [5.41, 5.74) is 0.508. The molecule has 1 amide bonds. The average molecular weight is 290 g/mol. The maximum Gasteiger partial charge on any atom is 0.292 e. The molecule has 0 aliphatic rings. The van der Waals surface area contributed by atoms with Gasteiger partial charge in [-0.3, -0.25) is 20.0 Å². The maximum absolute atomic E-state index is 12.1. The minimum atomic E-state index is -0.509. The van der Waals surface area contributed by atoms with Crippen LogP contribution in [0.3, 0.4) is 0 Å². The summed E-state index contributed by atoms with van der Waals surface area (Å²) in [6, 6.07) is 3.77. The highest BCUT2D eigenvalue weighted by Crippen LogP contribution is 2.25. The van der Waals surface area contributed by atoms with Crippen molar-refractivity contribution < 1.29 is 9.72 Å². The fourth-order valence-corrected chi connectivity index (χ4v) is 1.81. The number of nitro benzene ring substituents is 1. The van der Waals surface area contributed by atoms with E-state index in [1.54, 1.807) is 14.0 Å². The number of aromatic amines is 1. The molecule has 3 N–H and O–H groups in total. The highest BCUT2D eigenvalue weighted by molar-refractivity contribution is 5.96. The summed E-state index contributed by atoms with van der Waals surface area (Å²) >= 11 is 0. The molecule has 9 heteroatoms. The molecule has 21 heavy (non-hydrogen) atoms. The third-order valence-corrected chi connectivity index (χ3v) is 2.92. The van der Waals surface area contributed by atoms with Gasteiger partial charge in [0.1, 0.15) is 17.8 Å². The molecule has 1 aromatic carbocycles. The highest BCUT2D eigenvalue weighted by Gasteiger charge is 2.18. The van der Waals surface area contributed by atoms with Gasteiger partial charge < -0.3 is 10.6 Å². The van der Waals surface area contributed by atoms with Crippen molar-refractivity contribution >= 4 is 17.3 Å². The zero-order valence-electron chi connectivity index (χ0n) is 11.5. The van der Waals surface area contributed by atoms with Gasteiger partial charge in [0.2, 0.25) is 0 Å². The first-order chi connectivity index (χ1) is 10.0. The van der Waals surface area contributed by atoms with Crippen LogP contribution in [0.2, 0.25) is 0 Å². The molecule has 0 aliphatic carbocycles. The van der Waals surface area contributed by atoms with Crippen molar-refractivity contribution in [2.24, 2.45) is 0 Å². The Kier molecular flexibility index (Phi) is 4.12. The summed E-state index contributed by atoms with van der Waals surface area (Å²) in [6.07, 6.45) is 1.35. The largest absolute Gasteiger partial charge is 0.383 e. The van der Waals surface area contributed by atoms with Crippen LogP contribution in [-0.4, -0.2) is 33.1 Å². The summed E-state index contributed by atoms with van der Waals surface area (Å²) in [5, 5.41) is 22.6. The topological polar surface area (TPSA) is 126 Å². The molecular formula is C12H14N6O3. The minimum Gasteiger partial charge on any atom is -0.383 e. The van der Waals surface area contributed by atoms with Crippen molar-refractivity contribution in [2.75, 3.05) is 12.4 Å². The number of anilines is 1. The number of H-pyrrole nitrogens is 1. The van der Waals surface area contributed by atoms with Crippen LogP contribution in [0.1, 0.15) is 29.1 Å². The lowest BCUT2D eigenvalue weighted by atomic mass is 10.1. The predicted octanol–water partition coefficient (Wildman–Crippen LogP) is 1.25. The molecule has 0 bridgehead atoms. The number of nitrogens with zero attached hydrogens (tertiary/aromatic N) is 3. The van der Waals surface area contributed by atoms with Gasteiger partial charge in [0.25, 0.3) is 11.6 Å². The lowest BCUT2D eigenvalue weighted by Gasteiger charge is -2.11. The van der Waals surface area contributed by atoms with E-state index in [1.165, 1.54) is 24.5 Å². The number of carbonyl (C=O) groups is 1. The van der Waals surface area contributed by atoms with E-state index in [1.807, 2.05) is 0 Å². The monoisotopic (exact) mass is 290 g/mol. The van der Waals surface area contributed by atoms with Crippen LogP contribution in [0.25, 0.3) is 0 Å².